The number of amides is 2. The number of ether oxygens (including phenoxy) is 2. The number of carbonyl (C=O) groups is 2. The summed E-state index contributed by atoms with van der Waals surface area (Å²) in [5, 5.41) is 9.08. The van der Waals surface area contributed by atoms with Crippen LogP contribution in [0.5, 0.6) is 11.5 Å². The van der Waals surface area contributed by atoms with Gasteiger partial charge in [0.05, 0.1) is 26.0 Å². The fourth-order valence-electron chi connectivity index (χ4n) is 4.25. The minimum absolute atomic E-state index is 0.0297. The number of halogens is 1. The molecule has 194 valence electrons. The van der Waals surface area contributed by atoms with E-state index >= 15 is 0 Å². The van der Waals surface area contributed by atoms with Crippen LogP contribution in [0.2, 0.25) is 0 Å². The van der Waals surface area contributed by atoms with Crippen LogP contribution < -0.4 is 14.8 Å². The molecule has 0 saturated heterocycles. The van der Waals surface area contributed by atoms with Gasteiger partial charge in [0.15, 0.2) is 5.17 Å². The first kappa shape index (κ1) is 25.5. The number of nitrogens with zero attached hydrogens (tertiary/aromatic N) is 3. The predicted octanol–water partition coefficient (Wildman–Crippen LogP) is 5.02. The lowest BCUT2D eigenvalue weighted by Gasteiger charge is -2.23. The third kappa shape index (κ3) is 5.55. The van der Waals surface area contributed by atoms with Crippen LogP contribution in [-0.4, -0.2) is 47.2 Å². The molecule has 2 aliphatic rings. The van der Waals surface area contributed by atoms with E-state index in [1.807, 2.05) is 24.3 Å². The van der Waals surface area contributed by atoms with E-state index in [0.717, 1.165) is 22.6 Å². The largest absolute Gasteiger partial charge is 0.497 e. The first-order valence-corrected chi connectivity index (χ1v) is 12.8. The number of hydrogen-bond acceptors (Lipinski definition) is 7. The Hall–Kier alpha value is -4.18. The van der Waals surface area contributed by atoms with Crippen LogP contribution in [0.15, 0.2) is 82.9 Å². The van der Waals surface area contributed by atoms with Crippen LogP contribution in [0, 0.1) is 5.82 Å². The molecule has 3 aromatic carbocycles. The SMILES string of the molecule is COc1ccc(NC(=O)C[C@H]2SC(N3N=C(c4ccc(F)cc4)C[C@@H]3c3ccc(OC)cc3)=NC2=O)cc1. The number of benzene rings is 3. The second-order valence-electron chi connectivity index (χ2n) is 8.71. The van der Waals surface area contributed by atoms with Gasteiger partial charge in [-0.05, 0) is 59.7 Å². The molecule has 0 fully saturated rings. The number of amidine groups is 1. The molecule has 1 N–H and O–H groups in total. The monoisotopic (exact) mass is 532 g/mol. The smallest absolute Gasteiger partial charge is 0.262 e. The fourth-order valence-corrected chi connectivity index (χ4v) is 5.31. The standard InChI is InChI=1S/C28H25FN4O4S/c1-36-21-11-5-18(6-12-21)24-15-23(17-3-7-19(29)8-4-17)32-33(24)28-31-27(35)25(38-28)16-26(34)30-20-9-13-22(37-2)14-10-20/h3-14,24-25H,15-16H2,1-2H3,(H,30,34)/t24-,25-/m1/s1. The van der Waals surface area contributed by atoms with Gasteiger partial charge >= 0.3 is 0 Å². The second kappa shape index (κ2) is 11.1. The summed E-state index contributed by atoms with van der Waals surface area (Å²) in [4.78, 5) is 29.7. The highest BCUT2D eigenvalue weighted by Gasteiger charge is 2.39. The number of rotatable bonds is 7. The van der Waals surface area contributed by atoms with E-state index in [1.54, 1.807) is 55.6 Å². The van der Waals surface area contributed by atoms with Crippen molar-refractivity contribution in [3.8, 4) is 11.5 Å². The molecule has 2 atom stereocenters. The van der Waals surface area contributed by atoms with Crippen molar-refractivity contribution in [1.29, 1.82) is 0 Å². The summed E-state index contributed by atoms with van der Waals surface area (Å²) in [5.74, 6) is 0.409. The molecule has 8 nitrogen and oxygen atoms in total. The van der Waals surface area contributed by atoms with E-state index in [9.17, 15) is 14.0 Å². The van der Waals surface area contributed by atoms with Gasteiger partial charge in [-0.1, -0.05) is 36.0 Å². The summed E-state index contributed by atoms with van der Waals surface area (Å²) >= 11 is 1.22. The van der Waals surface area contributed by atoms with Gasteiger partial charge in [0.2, 0.25) is 5.91 Å². The number of thioether (sulfide) groups is 1. The van der Waals surface area contributed by atoms with Crippen LogP contribution in [0.1, 0.15) is 30.0 Å². The van der Waals surface area contributed by atoms with Gasteiger partial charge in [-0.15, -0.1) is 0 Å². The summed E-state index contributed by atoms with van der Waals surface area (Å²) in [6, 6.07) is 20.5. The predicted molar refractivity (Wildman–Crippen MR) is 145 cm³/mol. The summed E-state index contributed by atoms with van der Waals surface area (Å²) in [5.41, 5.74) is 3.11. The average Bonchev–Trinajstić information content (AvgIpc) is 3.53. The number of hydrogen-bond donors (Lipinski definition) is 1. The highest BCUT2D eigenvalue weighted by molar-refractivity contribution is 8.15. The number of aliphatic imine (C=N–C) groups is 1. The molecular weight excluding hydrogens is 507 g/mol. The maximum absolute atomic E-state index is 13.5. The highest BCUT2D eigenvalue weighted by Crippen LogP contribution is 2.39. The minimum atomic E-state index is -0.662. The normalized spacial score (nSPS) is 18.7. The quantitative estimate of drug-likeness (QED) is 0.459. The van der Waals surface area contributed by atoms with Gasteiger partial charge in [0.25, 0.3) is 5.91 Å². The van der Waals surface area contributed by atoms with Crippen molar-refractivity contribution in [3.05, 3.63) is 89.7 Å². The van der Waals surface area contributed by atoms with Gasteiger partial charge < -0.3 is 14.8 Å². The zero-order valence-electron chi connectivity index (χ0n) is 20.8. The summed E-state index contributed by atoms with van der Waals surface area (Å²) in [7, 11) is 3.17. The molecule has 3 aromatic rings. The molecular formula is C28H25FN4O4S. The lowest BCUT2D eigenvalue weighted by Crippen LogP contribution is -2.25. The van der Waals surface area contributed by atoms with Gasteiger partial charge in [-0.3, -0.25) is 9.59 Å². The van der Waals surface area contributed by atoms with Crippen molar-refractivity contribution >= 4 is 40.1 Å². The molecule has 0 aliphatic carbocycles. The summed E-state index contributed by atoms with van der Waals surface area (Å²) in [6.45, 7) is 0. The fraction of sp³-hybridized carbons (Fsp3) is 0.214. The van der Waals surface area contributed by atoms with Crippen molar-refractivity contribution in [1.82, 2.24) is 5.01 Å². The zero-order chi connectivity index (χ0) is 26.6. The molecule has 2 amide bonds. The lowest BCUT2D eigenvalue weighted by molar-refractivity contribution is -0.121. The molecule has 0 aromatic heterocycles. The van der Waals surface area contributed by atoms with Crippen molar-refractivity contribution in [2.75, 3.05) is 19.5 Å². The van der Waals surface area contributed by atoms with E-state index < -0.39 is 5.25 Å². The van der Waals surface area contributed by atoms with Gasteiger partial charge in [-0.25, -0.2) is 9.40 Å². The van der Waals surface area contributed by atoms with Crippen LogP contribution in [0.25, 0.3) is 0 Å². The van der Waals surface area contributed by atoms with Crippen LogP contribution in [-0.2, 0) is 9.59 Å². The van der Waals surface area contributed by atoms with Gasteiger partial charge in [0, 0.05) is 18.5 Å². The Morgan fingerprint density at radius 2 is 1.63 bits per heavy atom. The maximum Gasteiger partial charge on any atom is 0.262 e. The Kier molecular flexibility index (Phi) is 7.41. The maximum atomic E-state index is 13.5. The molecule has 5 rings (SSSR count). The molecule has 0 unspecified atom stereocenters. The lowest BCUT2D eigenvalue weighted by atomic mass is 9.98. The number of methoxy groups -OCH3 is 2. The topological polar surface area (TPSA) is 92.6 Å². The Morgan fingerprint density at radius 3 is 2.26 bits per heavy atom. The van der Waals surface area contributed by atoms with E-state index in [1.165, 1.54) is 23.9 Å². The van der Waals surface area contributed by atoms with Crippen molar-refractivity contribution in [2.24, 2.45) is 10.1 Å². The number of carbonyl (C=O) groups excluding carboxylic acids is 2. The van der Waals surface area contributed by atoms with E-state index in [2.05, 4.69) is 10.3 Å². The van der Waals surface area contributed by atoms with Crippen LogP contribution in [0.3, 0.4) is 0 Å². The molecule has 0 spiro atoms. The molecule has 2 aliphatic heterocycles. The first-order valence-electron chi connectivity index (χ1n) is 11.9. The Morgan fingerprint density at radius 1 is 1.00 bits per heavy atom. The first-order chi connectivity index (χ1) is 18.4. The molecule has 0 bridgehead atoms. The zero-order valence-corrected chi connectivity index (χ0v) is 21.6. The Balaban J connectivity index is 1.33. The average molecular weight is 533 g/mol. The Labute approximate surface area is 223 Å². The third-order valence-corrected chi connectivity index (χ3v) is 7.40. The molecule has 2 heterocycles. The van der Waals surface area contributed by atoms with Crippen molar-refractivity contribution in [2.45, 2.75) is 24.1 Å². The molecule has 10 heteroatoms. The van der Waals surface area contributed by atoms with E-state index in [-0.39, 0.29) is 30.1 Å². The van der Waals surface area contributed by atoms with E-state index in [0.29, 0.717) is 23.0 Å². The molecule has 0 saturated carbocycles. The summed E-state index contributed by atoms with van der Waals surface area (Å²) in [6.07, 6.45) is 0.506. The van der Waals surface area contributed by atoms with Crippen LogP contribution in [0.4, 0.5) is 10.1 Å². The Bertz CT molecular complexity index is 1390. The molecule has 0 radical (unpaired) electrons. The van der Waals surface area contributed by atoms with Gasteiger partial charge in [-0.2, -0.15) is 10.1 Å². The van der Waals surface area contributed by atoms with Crippen LogP contribution >= 0.6 is 11.8 Å². The van der Waals surface area contributed by atoms with Crippen molar-refractivity contribution in [3.63, 3.8) is 0 Å². The third-order valence-electron chi connectivity index (χ3n) is 6.26. The minimum Gasteiger partial charge on any atom is -0.497 e. The van der Waals surface area contributed by atoms with Crippen molar-refractivity contribution < 1.29 is 23.5 Å². The number of anilines is 1. The number of hydrazone groups is 1. The van der Waals surface area contributed by atoms with Gasteiger partial charge in [0.1, 0.15) is 22.6 Å². The van der Waals surface area contributed by atoms with E-state index in [4.69, 9.17) is 14.6 Å². The highest BCUT2D eigenvalue weighted by atomic mass is 32.2. The number of nitrogens with one attached hydrogen (secondary N) is 1. The molecule has 38 heavy (non-hydrogen) atoms. The summed E-state index contributed by atoms with van der Waals surface area (Å²) < 4.78 is 23.9. The second-order valence-corrected chi connectivity index (χ2v) is 9.88.